The number of nitrogens with zero attached hydrogens (tertiary/aromatic N) is 6. The van der Waals surface area contributed by atoms with Crippen molar-refractivity contribution in [3.63, 3.8) is 0 Å². The van der Waals surface area contributed by atoms with Crippen molar-refractivity contribution in [3.05, 3.63) is 36.2 Å². The molecule has 2 heterocycles. The van der Waals surface area contributed by atoms with Gasteiger partial charge in [-0.25, -0.2) is 5.43 Å². The third-order valence-corrected chi connectivity index (χ3v) is 8.47. The molecule has 0 radical (unpaired) electrons. The van der Waals surface area contributed by atoms with E-state index in [1.165, 1.54) is 18.4 Å². The predicted molar refractivity (Wildman–Crippen MR) is 127 cm³/mol. The van der Waals surface area contributed by atoms with Crippen molar-refractivity contribution < 1.29 is 9.53 Å². The standard InChI is InChI=1S/C25H33N7O2/c1-18(21-2-4-22(5-3-21)31-6-8-34-9-7-31)28-29-23(33)15-24-11-19-10-20(12-24)14-25(13-19,16-24)32-27-17-26-30-32/h2-5,17,19-20H,6-16H2,1H3,(H,29,33). The van der Waals surface area contributed by atoms with Crippen molar-refractivity contribution in [2.75, 3.05) is 31.2 Å². The fraction of sp³-hybridized carbons (Fsp3) is 0.640. The molecule has 180 valence electrons. The summed E-state index contributed by atoms with van der Waals surface area (Å²) >= 11 is 0. The highest BCUT2D eigenvalue weighted by molar-refractivity contribution is 5.99. The van der Waals surface area contributed by atoms with E-state index < -0.39 is 0 Å². The van der Waals surface area contributed by atoms with Gasteiger partial charge in [-0.15, -0.1) is 10.2 Å². The second-order valence-electron chi connectivity index (χ2n) is 11.0. The summed E-state index contributed by atoms with van der Waals surface area (Å²) in [5, 5.41) is 17.1. The van der Waals surface area contributed by atoms with Gasteiger partial charge >= 0.3 is 0 Å². The second kappa shape index (κ2) is 8.45. The first kappa shape index (κ1) is 21.7. The molecule has 5 aliphatic rings. The van der Waals surface area contributed by atoms with Crippen LogP contribution in [0.2, 0.25) is 0 Å². The lowest BCUT2D eigenvalue weighted by Crippen LogP contribution is -2.58. The Labute approximate surface area is 199 Å². The van der Waals surface area contributed by atoms with Crippen LogP contribution in [0.15, 0.2) is 35.7 Å². The number of carbonyl (C=O) groups excluding carboxylic acids is 1. The van der Waals surface area contributed by atoms with E-state index in [4.69, 9.17) is 4.74 Å². The normalized spacial score (nSPS) is 32.7. The van der Waals surface area contributed by atoms with Crippen LogP contribution in [0, 0.1) is 17.3 Å². The summed E-state index contributed by atoms with van der Waals surface area (Å²) in [4.78, 5) is 17.2. The average molecular weight is 464 g/mol. The molecule has 9 nitrogen and oxygen atoms in total. The Kier molecular flexibility index (Phi) is 5.39. The van der Waals surface area contributed by atoms with E-state index >= 15 is 0 Å². The second-order valence-corrected chi connectivity index (χ2v) is 11.0. The third-order valence-electron chi connectivity index (χ3n) is 8.47. The molecule has 1 aliphatic heterocycles. The van der Waals surface area contributed by atoms with Crippen LogP contribution in [0.5, 0.6) is 0 Å². The molecule has 1 aromatic heterocycles. The van der Waals surface area contributed by atoms with Gasteiger partial charge in [-0.1, -0.05) is 12.1 Å². The maximum atomic E-state index is 13.0. The lowest BCUT2D eigenvalue weighted by Gasteiger charge is -2.61. The number of carbonyl (C=O) groups is 1. The number of hydrazone groups is 1. The fourth-order valence-electron chi connectivity index (χ4n) is 7.55. The zero-order valence-corrected chi connectivity index (χ0v) is 19.8. The Hall–Kier alpha value is -2.81. The molecule has 1 N–H and O–H groups in total. The minimum atomic E-state index is -0.0672. The van der Waals surface area contributed by atoms with Gasteiger partial charge in [0.05, 0.1) is 24.5 Å². The molecule has 2 aromatic rings. The number of anilines is 1. The van der Waals surface area contributed by atoms with Gasteiger partial charge < -0.3 is 9.64 Å². The number of morpholine rings is 1. The summed E-state index contributed by atoms with van der Waals surface area (Å²) in [6.07, 6.45) is 8.76. The average Bonchev–Trinajstić information content (AvgIpc) is 3.38. The third kappa shape index (κ3) is 4.00. The van der Waals surface area contributed by atoms with Gasteiger partial charge in [0, 0.05) is 25.2 Å². The molecule has 0 spiro atoms. The molecule has 1 amide bonds. The molecule has 4 bridgehead atoms. The Balaban J connectivity index is 1.11. The molecule has 5 fully saturated rings. The Morgan fingerprint density at radius 3 is 2.56 bits per heavy atom. The lowest BCUT2D eigenvalue weighted by molar-refractivity contribution is -0.139. The Morgan fingerprint density at radius 2 is 1.88 bits per heavy atom. The van der Waals surface area contributed by atoms with Crippen LogP contribution in [-0.4, -0.2) is 58.1 Å². The van der Waals surface area contributed by atoms with Gasteiger partial charge in [-0.05, 0) is 85.6 Å². The number of hydrogen-bond acceptors (Lipinski definition) is 7. The molecule has 4 aliphatic carbocycles. The molecule has 7 rings (SSSR count). The zero-order valence-electron chi connectivity index (χ0n) is 19.8. The minimum absolute atomic E-state index is 0.00735. The number of ether oxygens (including phenoxy) is 1. The van der Waals surface area contributed by atoms with Gasteiger partial charge in [0.2, 0.25) is 5.91 Å². The van der Waals surface area contributed by atoms with Crippen molar-refractivity contribution in [1.82, 2.24) is 25.6 Å². The molecule has 2 atom stereocenters. The molecular formula is C25H33N7O2. The maximum absolute atomic E-state index is 13.0. The summed E-state index contributed by atoms with van der Waals surface area (Å²) in [6.45, 7) is 5.32. The van der Waals surface area contributed by atoms with E-state index in [9.17, 15) is 4.79 Å². The van der Waals surface area contributed by atoms with E-state index in [-0.39, 0.29) is 16.9 Å². The highest BCUT2D eigenvalue weighted by atomic mass is 16.5. The minimum Gasteiger partial charge on any atom is -0.378 e. The largest absolute Gasteiger partial charge is 0.378 e. The lowest BCUT2D eigenvalue weighted by atomic mass is 9.46. The van der Waals surface area contributed by atoms with Crippen LogP contribution in [0.1, 0.15) is 57.4 Å². The number of aromatic nitrogens is 4. The van der Waals surface area contributed by atoms with Crippen LogP contribution in [0.4, 0.5) is 5.69 Å². The monoisotopic (exact) mass is 463 g/mol. The van der Waals surface area contributed by atoms with Crippen LogP contribution < -0.4 is 10.3 Å². The fourth-order valence-corrected chi connectivity index (χ4v) is 7.55. The highest BCUT2D eigenvalue weighted by Gasteiger charge is 2.59. The topological polar surface area (TPSA) is 97.5 Å². The molecule has 1 aromatic carbocycles. The first-order valence-electron chi connectivity index (χ1n) is 12.5. The van der Waals surface area contributed by atoms with Crippen molar-refractivity contribution >= 4 is 17.3 Å². The van der Waals surface area contributed by atoms with E-state index in [2.05, 4.69) is 55.1 Å². The van der Waals surface area contributed by atoms with Gasteiger partial charge in [-0.3, -0.25) is 4.79 Å². The molecule has 4 saturated carbocycles. The first-order chi connectivity index (χ1) is 16.5. The maximum Gasteiger partial charge on any atom is 0.240 e. The van der Waals surface area contributed by atoms with Crippen LogP contribution in [0.3, 0.4) is 0 Å². The van der Waals surface area contributed by atoms with E-state index in [0.29, 0.717) is 18.3 Å². The Morgan fingerprint density at radius 1 is 1.15 bits per heavy atom. The molecule has 34 heavy (non-hydrogen) atoms. The van der Waals surface area contributed by atoms with E-state index in [1.54, 1.807) is 0 Å². The number of nitrogens with one attached hydrogen (secondary N) is 1. The summed E-state index contributed by atoms with van der Waals surface area (Å²) in [5.74, 6) is 1.30. The summed E-state index contributed by atoms with van der Waals surface area (Å²) in [5.41, 5.74) is 5.83. The van der Waals surface area contributed by atoms with Crippen LogP contribution in [0.25, 0.3) is 0 Å². The predicted octanol–water partition coefficient (Wildman–Crippen LogP) is 2.74. The van der Waals surface area contributed by atoms with Crippen molar-refractivity contribution in [2.24, 2.45) is 22.4 Å². The number of tetrazole rings is 1. The number of rotatable bonds is 6. The first-order valence-corrected chi connectivity index (χ1v) is 12.5. The van der Waals surface area contributed by atoms with Crippen LogP contribution in [-0.2, 0) is 15.1 Å². The number of hydrogen-bond donors (Lipinski definition) is 1. The van der Waals surface area contributed by atoms with E-state index in [1.807, 2.05) is 11.7 Å². The van der Waals surface area contributed by atoms with Gasteiger partial charge in [0.25, 0.3) is 0 Å². The summed E-state index contributed by atoms with van der Waals surface area (Å²) < 4.78 is 5.44. The Bertz CT molecular complexity index is 1050. The van der Waals surface area contributed by atoms with Crippen LogP contribution >= 0.6 is 0 Å². The quantitative estimate of drug-likeness (QED) is 0.523. The number of benzene rings is 1. The summed E-state index contributed by atoms with van der Waals surface area (Å²) in [7, 11) is 0. The van der Waals surface area contributed by atoms with Crippen molar-refractivity contribution in [1.29, 1.82) is 0 Å². The van der Waals surface area contributed by atoms with Gasteiger partial charge in [-0.2, -0.15) is 9.90 Å². The smallest absolute Gasteiger partial charge is 0.240 e. The molecule has 9 heteroatoms. The van der Waals surface area contributed by atoms with E-state index in [0.717, 1.165) is 69.7 Å². The van der Waals surface area contributed by atoms with Crippen molar-refractivity contribution in [2.45, 2.75) is 57.4 Å². The van der Waals surface area contributed by atoms with Gasteiger partial charge in [0.15, 0.2) is 6.33 Å². The summed E-state index contributed by atoms with van der Waals surface area (Å²) in [6, 6.07) is 8.39. The number of amides is 1. The van der Waals surface area contributed by atoms with Crippen molar-refractivity contribution in [3.8, 4) is 0 Å². The molecule has 2 unspecified atom stereocenters. The SMILES string of the molecule is CC(=NNC(=O)CC12CC3CC(C1)CC(n1ncnn1)(C3)C2)c1ccc(N2CCOCC2)cc1. The highest BCUT2D eigenvalue weighted by Crippen LogP contribution is 2.64. The molecule has 1 saturated heterocycles. The van der Waals surface area contributed by atoms with Gasteiger partial charge in [0.1, 0.15) is 0 Å². The molecular weight excluding hydrogens is 430 g/mol. The zero-order chi connectivity index (χ0) is 23.2.